The van der Waals surface area contributed by atoms with Gasteiger partial charge in [0.1, 0.15) is 5.75 Å². The lowest BCUT2D eigenvalue weighted by Crippen LogP contribution is -2.41. The number of nitrogens with one attached hydrogen (secondary N) is 1. The Bertz CT molecular complexity index is 516. The number of amides is 2. The molecule has 6 heteroatoms. The largest absolute Gasteiger partial charge is 0.492 e. The molecule has 128 valence electrons. The third-order valence-corrected chi connectivity index (χ3v) is 3.40. The maximum absolute atomic E-state index is 12.1. The quantitative estimate of drug-likeness (QED) is 0.754. The molecular formula is C17H27N3O3. The summed E-state index contributed by atoms with van der Waals surface area (Å²) >= 11 is 0. The summed E-state index contributed by atoms with van der Waals surface area (Å²) in [5, 5.41) is 2.83. The first kappa shape index (κ1) is 19.0. The number of para-hydroxylation sites is 2. The van der Waals surface area contributed by atoms with E-state index in [-0.39, 0.29) is 24.9 Å². The Kier molecular flexibility index (Phi) is 8.11. The van der Waals surface area contributed by atoms with Crippen LogP contribution in [0, 0.1) is 0 Å². The van der Waals surface area contributed by atoms with Gasteiger partial charge in [0.05, 0.1) is 25.4 Å². The molecule has 0 unspecified atom stereocenters. The molecule has 0 saturated heterocycles. The fourth-order valence-electron chi connectivity index (χ4n) is 2.25. The molecule has 1 aromatic rings. The van der Waals surface area contributed by atoms with Crippen molar-refractivity contribution in [1.82, 2.24) is 9.80 Å². The molecule has 0 spiro atoms. The average Bonchev–Trinajstić information content (AvgIpc) is 2.50. The lowest BCUT2D eigenvalue weighted by Gasteiger charge is -2.22. The van der Waals surface area contributed by atoms with Crippen LogP contribution in [0.5, 0.6) is 5.75 Å². The maximum Gasteiger partial charge on any atom is 0.238 e. The van der Waals surface area contributed by atoms with Gasteiger partial charge in [-0.25, -0.2) is 0 Å². The van der Waals surface area contributed by atoms with Crippen molar-refractivity contribution in [2.75, 3.05) is 45.2 Å². The van der Waals surface area contributed by atoms with Gasteiger partial charge in [-0.3, -0.25) is 14.5 Å². The van der Waals surface area contributed by atoms with Crippen LogP contribution < -0.4 is 10.1 Å². The number of likely N-dealkylation sites (N-methyl/N-ethyl adjacent to an activating group) is 2. The fourth-order valence-corrected chi connectivity index (χ4v) is 2.25. The zero-order valence-corrected chi connectivity index (χ0v) is 14.5. The van der Waals surface area contributed by atoms with Crippen molar-refractivity contribution in [3.63, 3.8) is 0 Å². The van der Waals surface area contributed by atoms with Gasteiger partial charge >= 0.3 is 0 Å². The molecule has 1 N–H and O–H groups in total. The Morgan fingerprint density at radius 1 is 1.09 bits per heavy atom. The van der Waals surface area contributed by atoms with E-state index in [9.17, 15) is 9.59 Å². The van der Waals surface area contributed by atoms with Crippen LogP contribution in [-0.2, 0) is 9.59 Å². The number of carbonyl (C=O) groups excluding carboxylic acids is 2. The number of anilines is 1. The number of carbonyl (C=O) groups is 2. The molecule has 0 saturated carbocycles. The Hall–Kier alpha value is -2.08. The first-order valence-electron chi connectivity index (χ1n) is 7.99. The van der Waals surface area contributed by atoms with Crippen LogP contribution in [0.25, 0.3) is 0 Å². The van der Waals surface area contributed by atoms with E-state index in [2.05, 4.69) is 5.32 Å². The van der Waals surface area contributed by atoms with Gasteiger partial charge in [0.2, 0.25) is 11.8 Å². The molecule has 1 rings (SSSR count). The Morgan fingerprint density at radius 3 is 2.35 bits per heavy atom. The highest BCUT2D eigenvalue weighted by molar-refractivity contribution is 5.94. The van der Waals surface area contributed by atoms with Gasteiger partial charge in [-0.2, -0.15) is 0 Å². The van der Waals surface area contributed by atoms with Gasteiger partial charge < -0.3 is 15.0 Å². The summed E-state index contributed by atoms with van der Waals surface area (Å²) in [5.41, 5.74) is 0.641. The summed E-state index contributed by atoms with van der Waals surface area (Å²) < 4.78 is 5.48. The molecule has 1 aromatic carbocycles. The summed E-state index contributed by atoms with van der Waals surface area (Å²) in [6.45, 7) is 8.04. The SMILES string of the molecule is CCOc1ccccc1NC(=O)CN(C)CC(=O)N(CC)CC. The normalized spacial score (nSPS) is 10.5. The summed E-state index contributed by atoms with van der Waals surface area (Å²) in [6.07, 6.45) is 0. The third-order valence-electron chi connectivity index (χ3n) is 3.40. The Morgan fingerprint density at radius 2 is 1.74 bits per heavy atom. The van der Waals surface area contributed by atoms with Crippen LogP contribution in [0.2, 0.25) is 0 Å². The van der Waals surface area contributed by atoms with Gasteiger partial charge in [0, 0.05) is 13.1 Å². The van der Waals surface area contributed by atoms with Crippen molar-refractivity contribution >= 4 is 17.5 Å². The van der Waals surface area contributed by atoms with E-state index in [0.29, 0.717) is 31.1 Å². The minimum atomic E-state index is -0.174. The lowest BCUT2D eigenvalue weighted by atomic mass is 10.3. The van der Waals surface area contributed by atoms with Gasteiger partial charge in [-0.05, 0) is 40.0 Å². The number of nitrogens with zero attached hydrogens (tertiary/aromatic N) is 2. The predicted octanol–water partition coefficient (Wildman–Crippen LogP) is 1.82. The van der Waals surface area contributed by atoms with Crippen LogP contribution >= 0.6 is 0 Å². The van der Waals surface area contributed by atoms with E-state index in [1.807, 2.05) is 39.0 Å². The summed E-state index contributed by atoms with van der Waals surface area (Å²) in [5.74, 6) is 0.497. The van der Waals surface area contributed by atoms with Gasteiger partial charge in [0.15, 0.2) is 0 Å². The monoisotopic (exact) mass is 321 g/mol. The van der Waals surface area contributed by atoms with E-state index < -0.39 is 0 Å². The summed E-state index contributed by atoms with van der Waals surface area (Å²) in [6, 6.07) is 7.30. The average molecular weight is 321 g/mol. The van der Waals surface area contributed by atoms with Crippen molar-refractivity contribution in [2.45, 2.75) is 20.8 Å². The van der Waals surface area contributed by atoms with Gasteiger partial charge in [-0.1, -0.05) is 12.1 Å². The van der Waals surface area contributed by atoms with Crippen LogP contribution in [0.15, 0.2) is 24.3 Å². The molecule has 23 heavy (non-hydrogen) atoms. The smallest absolute Gasteiger partial charge is 0.238 e. The van der Waals surface area contributed by atoms with Crippen LogP contribution in [0.4, 0.5) is 5.69 Å². The van der Waals surface area contributed by atoms with Gasteiger partial charge in [0.25, 0.3) is 0 Å². The second-order valence-electron chi connectivity index (χ2n) is 5.22. The standard InChI is InChI=1S/C17H27N3O3/c1-5-20(6-2)17(22)13-19(4)12-16(21)18-14-10-8-9-11-15(14)23-7-3/h8-11H,5-7,12-13H2,1-4H3,(H,18,21). The molecule has 0 atom stereocenters. The molecular weight excluding hydrogens is 294 g/mol. The van der Waals surface area contributed by atoms with Crippen molar-refractivity contribution in [2.24, 2.45) is 0 Å². The Balaban J connectivity index is 2.55. The first-order chi connectivity index (χ1) is 11.0. The zero-order chi connectivity index (χ0) is 17.2. The molecule has 0 aliphatic heterocycles. The van der Waals surface area contributed by atoms with E-state index in [1.54, 1.807) is 22.9 Å². The number of ether oxygens (including phenoxy) is 1. The number of hydrogen-bond donors (Lipinski definition) is 1. The van der Waals surface area contributed by atoms with E-state index in [4.69, 9.17) is 4.74 Å². The van der Waals surface area contributed by atoms with Crippen LogP contribution in [0.3, 0.4) is 0 Å². The van der Waals surface area contributed by atoms with Crippen molar-refractivity contribution in [1.29, 1.82) is 0 Å². The second kappa shape index (κ2) is 9.84. The van der Waals surface area contributed by atoms with Crippen molar-refractivity contribution in [3.05, 3.63) is 24.3 Å². The van der Waals surface area contributed by atoms with Crippen molar-refractivity contribution in [3.8, 4) is 5.75 Å². The van der Waals surface area contributed by atoms with E-state index in [1.165, 1.54) is 0 Å². The minimum Gasteiger partial charge on any atom is -0.492 e. The highest BCUT2D eigenvalue weighted by atomic mass is 16.5. The topological polar surface area (TPSA) is 61.9 Å². The lowest BCUT2D eigenvalue weighted by molar-refractivity contribution is -0.132. The fraction of sp³-hybridized carbons (Fsp3) is 0.529. The Labute approximate surface area is 138 Å². The molecule has 0 aliphatic rings. The summed E-state index contributed by atoms with van der Waals surface area (Å²) in [4.78, 5) is 27.6. The van der Waals surface area contributed by atoms with Crippen LogP contribution in [0.1, 0.15) is 20.8 Å². The molecule has 0 aromatic heterocycles. The molecule has 2 amide bonds. The third kappa shape index (κ3) is 6.28. The number of benzene rings is 1. The van der Waals surface area contributed by atoms with E-state index >= 15 is 0 Å². The second-order valence-corrected chi connectivity index (χ2v) is 5.22. The molecule has 0 heterocycles. The predicted molar refractivity (Wildman–Crippen MR) is 91.7 cm³/mol. The maximum atomic E-state index is 12.1. The molecule has 0 fully saturated rings. The molecule has 0 radical (unpaired) electrons. The summed E-state index contributed by atoms with van der Waals surface area (Å²) in [7, 11) is 1.76. The highest BCUT2D eigenvalue weighted by Crippen LogP contribution is 2.23. The van der Waals surface area contributed by atoms with E-state index in [0.717, 1.165) is 0 Å². The molecule has 6 nitrogen and oxygen atoms in total. The van der Waals surface area contributed by atoms with Crippen LogP contribution in [-0.4, -0.2) is 61.4 Å². The number of rotatable bonds is 9. The minimum absolute atomic E-state index is 0.0278. The van der Waals surface area contributed by atoms with Crippen molar-refractivity contribution < 1.29 is 14.3 Å². The number of hydrogen-bond acceptors (Lipinski definition) is 4. The first-order valence-corrected chi connectivity index (χ1v) is 7.99. The molecule has 0 aliphatic carbocycles. The van der Waals surface area contributed by atoms with Gasteiger partial charge in [-0.15, -0.1) is 0 Å². The zero-order valence-electron chi connectivity index (χ0n) is 14.5. The molecule has 0 bridgehead atoms. The highest BCUT2D eigenvalue weighted by Gasteiger charge is 2.15.